The predicted molar refractivity (Wildman–Crippen MR) is 133 cm³/mol. The summed E-state index contributed by atoms with van der Waals surface area (Å²) in [6.45, 7) is 6.30. The molecule has 2 aromatic rings. The summed E-state index contributed by atoms with van der Waals surface area (Å²) in [6.07, 6.45) is 1.38. The summed E-state index contributed by atoms with van der Waals surface area (Å²) in [5, 5.41) is 3.67. The van der Waals surface area contributed by atoms with Crippen molar-refractivity contribution in [3.63, 3.8) is 0 Å². The third-order valence-corrected chi connectivity index (χ3v) is 6.55. The number of hydrogen-bond donors (Lipinski definition) is 1. The van der Waals surface area contributed by atoms with Gasteiger partial charge in [-0.2, -0.15) is 0 Å². The van der Waals surface area contributed by atoms with E-state index in [2.05, 4.69) is 5.32 Å². The average Bonchev–Trinajstić information content (AvgIpc) is 2.80. The zero-order valence-corrected chi connectivity index (χ0v) is 20.8. The number of carbonyl (C=O) groups excluding carboxylic acids is 2. The lowest BCUT2D eigenvalue weighted by atomic mass is 10.1. The molecule has 0 heterocycles. The molecule has 2 aromatic carbocycles. The number of nitrogens with one attached hydrogen (secondary N) is 1. The number of rotatable bonds is 12. The average molecular weight is 477 g/mol. The Balaban J connectivity index is 2.10. The molecule has 0 spiro atoms. The van der Waals surface area contributed by atoms with Crippen LogP contribution < -0.4 is 10.1 Å². The van der Waals surface area contributed by atoms with Crippen molar-refractivity contribution in [3.05, 3.63) is 64.7 Å². The van der Waals surface area contributed by atoms with Crippen molar-refractivity contribution in [2.45, 2.75) is 58.0 Å². The van der Waals surface area contributed by atoms with E-state index < -0.39 is 6.04 Å². The van der Waals surface area contributed by atoms with Gasteiger partial charge in [-0.1, -0.05) is 49.7 Å². The van der Waals surface area contributed by atoms with E-state index in [-0.39, 0.29) is 17.9 Å². The summed E-state index contributed by atoms with van der Waals surface area (Å²) < 4.78 is 5.19. The van der Waals surface area contributed by atoms with Crippen molar-refractivity contribution in [2.24, 2.45) is 0 Å². The van der Waals surface area contributed by atoms with Gasteiger partial charge in [0.2, 0.25) is 11.8 Å². The van der Waals surface area contributed by atoms with Crippen LogP contribution in [-0.2, 0) is 21.9 Å². The fourth-order valence-electron chi connectivity index (χ4n) is 3.21. The Bertz CT molecular complexity index is 858. The van der Waals surface area contributed by atoms with Crippen molar-refractivity contribution in [2.75, 3.05) is 12.9 Å². The Morgan fingerprint density at radius 1 is 1.03 bits per heavy atom. The molecule has 0 aliphatic rings. The molecular formula is C25H33ClN2O3S. The van der Waals surface area contributed by atoms with Crippen LogP contribution in [0.3, 0.4) is 0 Å². The number of benzene rings is 2. The number of halogens is 1. The quantitative estimate of drug-likeness (QED) is 0.451. The SMILES string of the molecule is CC[C@@H](C)NC(=O)[C@H](CC)N(Cc1ccc(Cl)cc1)C(=O)CSCc1ccc(OC)cc1. The van der Waals surface area contributed by atoms with Gasteiger partial charge in [0.25, 0.3) is 0 Å². The van der Waals surface area contributed by atoms with Crippen LogP contribution in [0.25, 0.3) is 0 Å². The van der Waals surface area contributed by atoms with E-state index in [4.69, 9.17) is 16.3 Å². The molecule has 7 heteroatoms. The van der Waals surface area contributed by atoms with Gasteiger partial charge in [-0.25, -0.2) is 0 Å². The smallest absolute Gasteiger partial charge is 0.243 e. The lowest BCUT2D eigenvalue weighted by molar-refractivity contribution is -0.139. The lowest BCUT2D eigenvalue weighted by Crippen LogP contribution is -2.51. The van der Waals surface area contributed by atoms with Crippen LogP contribution in [0.15, 0.2) is 48.5 Å². The molecule has 0 saturated carbocycles. The Labute approximate surface area is 200 Å². The minimum absolute atomic E-state index is 0.0513. The van der Waals surface area contributed by atoms with Gasteiger partial charge in [-0.05, 0) is 55.2 Å². The van der Waals surface area contributed by atoms with E-state index in [1.807, 2.05) is 57.2 Å². The second-order valence-electron chi connectivity index (χ2n) is 7.73. The summed E-state index contributed by atoms with van der Waals surface area (Å²) in [5.41, 5.74) is 2.06. The largest absolute Gasteiger partial charge is 0.497 e. The zero-order chi connectivity index (χ0) is 23.5. The highest BCUT2D eigenvalue weighted by Gasteiger charge is 2.29. The van der Waals surface area contributed by atoms with E-state index in [1.165, 1.54) is 0 Å². The van der Waals surface area contributed by atoms with Crippen molar-refractivity contribution < 1.29 is 14.3 Å². The molecule has 0 radical (unpaired) electrons. The first kappa shape index (κ1) is 26.1. The maximum Gasteiger partial charge on any atom is 0.243 e. The first-order valence-corrected chi connectivity index (χ1v) is 12.5. The van der Waals surface area contributed by atoms with Crippen LogP contribution in [0.1, 0.15) is 44.7 Å². The van der Waals surface area contributed by atoms with Crippen molar-refractivity contribution >= 4 is 35.2 Å². The van der Waals surface area contributed by atoms with E-state index in [0.717, 1.165) is 23.3 Å². The van der Waals surface area contributed by atoms with Gasteiger partial charge in [0.15, 0.2) is 0 Å². The van der Waals surface area contributed by atoms with Crippen LogP contribution in [0, 0.1) is 0 Å². The molecule has 2 rings (SSSR count). The normalized spacial score (nSPS) is 12.7. The molecule has 0 aliphatic heterocycles. The maximum absolute atomic E-state index is 13.2. The van der Waals surface area contributed by atoms with Crippen LogP contribution in [-0.4, -0.2) is 41.7 Å². The number of thioether (sulfide) groups is 1. The maximum atomic E-state index is 13.2. The summed E-state index contributed by atoms with van der Waals surface area (Å²) >= 11 is 7.56. The summed E-state index contributed by atoms with van der Waals surface area (Å²) in [7, 11) is 1.64. The summed E-state index contributed by atoms with van der Waals surface area (Å²) in [6, 6.07) is 14.8. The lowest BCUT2D eigenvalue weighted by Gasteiger charge is -2.31. The molecule has 1 N–H and O–H groups in total. The van der Waals surface area contributed by atoms with Crippen LogP contribution >= 0.6 is 23.4 Å². The standard InChI is InChI=1S/C25H33ClN2O3S/c1-5-18(3)27-25(30)23(6-2)28(15-19-7-11-21(26)12-8-19)24(29)17-32-16-20-9-13-22(31-4)14-10-20/h7-14,18,23H,5-6,15-17H2,1-4H3,(H,27,30)/t18-,23+/m1/s1. The Morgan fingerprint density at radius 3 is 2.22 bits per heavy atom. The van der Waals surface area contributed by atoms with Gasteiger partial charge < -0.3 is 15.0 Å². The second-order valence-corrected chi connectivity index (χ2v) is 9.15. The van der Waals surface area contributed by atoms with E-state index in [0.29, 0.717) is 29.5 Å². The number of amides is 2. The monoisotopic (exact) mass is 476 g/mol. The Morgan fingerprint density at radius 2 is 1.66 bits per heavy atom. The van der Waals surface area contributed by atoms with Gasteiger partial charge in [0, 0.05) is 23.4 Å². The second kappa shape index (κ2) is 13.4. The molecule has 0 aromatic heterocycles. The molecule has 2 amide bonds. The minimum atomic E-state index is -0.520. The fourth-order valence-corrected chi connectivity index (χ4v) is 4.20. The molecule has 0 fully saturated rings. The number of nitrogens with zero attached hydrogens (tertiary/aromatic N) is 1. The van der Waals surface area contributed by atoms with Gasteiger partial charge >= 0.3 is 0 Å². The number of carbonyl (C=O) groups is 2. The molecule has 0 bridgehead atoms. The molecular weight excluding hydrogens is 444 g/mol. The van der Waals surface area contributed by atoms with E-state index >= 15 is 0 Å². The van der Waals surface area contributed by atoms with Crippen molar-refractivity contribution in [3.8, 4) is 5.75 Å². The number of ether oxygens (including phenoxy) is 1. The van der Waals surface area contributed by atoms with E-state index in [9.17, 15) is 9.59 Å². The highest BCUT2D eigenvalue weighted by Crippen LogP contribution is 2.20. The van der Waals surface area contributed by atoms with Gasteiger partial charge in [0.1, 0.15) is 11.8 Å². The number of hydrogen-bond acceptors (Lipinski definition) is 4. The summed E-state index contributed by atoms with van der Waals surface area (Å²) in [5.74, 6) is 1.66. The van der Waals surface area contributed by atoms with Gasteiger partial charge in [-0.15, -0.1) is 11.8 Å². The van der Waals surface area contributed by atoms with Crippen molar-refractivity contribution in [1.82, 2.24) is 10.2 Å². The molecule has 0 saturated heterocycles. The fraction of sp³-hybridized carbons (Fsp3) is 0.440. The zero-order valence-electron chi connectivity index (χ0n) is 19.3. The Kier molecular flexibility index (Phi) is 10.9. The first-order chi connectivity index (χ1) is 15.4. The van der Waals surface area contributed by atoms with Gasteiger partial charge in [0.05, 0.1) is 12.9 Å². The topological polar surface area (TPSA) is 58.6 Å². The molecule has 5 nitrogen and oxygen atoms in total. The molecule has 0 aliphatic carbocycles. The Hall–Kier alpha value is -2.18. The van der Waals surface area contributed by atoms with Crippen LogP contribution in [0.2, 0.25) is 5.02 Å². The molecule has 2 atom stereocenters. The van der Waals surface area contributed by atoms with Gasteiger partial charge in [-0.3, -0.25) is 9.59 Å². The highest BCUT2D eigenvalue weighted by molar-refractivity contribution is 7.99. The molecule has 32 heavy (non-hydrogen) atoms. The third-order valence-electron chi connectivity index (χ3n) is 5.31. The van der Waals surface area contributed by atoms with Crippen molar-refractivity contribution in [1.29, 1.82) is 0 Å². The molecule has 174 valence electrons. The molecule has 0 unspecified atom stereocenters. The highest BCUT2D eigenvalue weighted by atomic mass is 35.5. The third kappa shape index (κ3) is 8.06. The van der Waals surface area contributed by atoms with Crippen LogP contribution in [0.5, 0.6) is 5.75 Å². The first-order valence-electron chi connectivity index (χ1n) is 10.9. The predicted octanol–water partition coefficient (Wildman–Crippen LogP) is 5.30. The number of methoxy groups -OCH3 is 1. The van der Waals surface area contributed by atoms with E-state index in [1.54, 1.807) is 35.9 Å². The van der Waals surface area contributed by atoms with Crippen LogP contribution in [0.4, 0.5) is 0 Å². The minimum Gasteiger partial charge on any atom is -0.497 e. The summed E-state index contributed by atoms with van der Waals surface area (Å²) in [4.78, 5) is 27.9.